The van der Waals surface area contributed by atoms with Crippen molar-refractivity contribution in [3.8, 4) is 0 Å². The zero-order chi connectivity index (χ0) is 19.0. The third-order valence-electron chi connectivity index (χ3n) is 6.18. The molecule has 4 heterocycles. The Labute approximate surface area is 160 Å². The van der Waals surface area contributed by atoms with Crippen LogP contribution in [0.3, 0.4) is 0 Å². The van der Waals surface area contributed by atoms with Crippen molar-refractivity contribution in [2.24, 2.45) is 0 Å². The molecule has 1 aromatic rings. The number of amides is 2. The van der Waals surface area contributed by atoms with Gasteiger partial charge in [0, 0.05) is 68.9 Å². The summed E-state index contributed by atoms with van der Waals surface area (Å²) in [5.41, 5.74) is 2.38. The SMILES string of the molecule is C[C@@H](C(=O)N1CCC[C@@H](c2ncc3c(n2)CCN(C)C3)C1)N1CCCC1=O. The quantitative estimate of drug-likeness (QED) is 0.798. The first-order chi connectivity index (χ1) is 13.0. The predicted octanol–water partition coefficient (Wildman–Crippen LogP) is 1.18. The van der Waals surface area contributed by atoms with Gasteiger partial charge in [0.05, 0.1) is 0 Å². The molecule has 0 bridgehead atoms. The van der Waals surface area contributed by atoms with E-state index in [1.807, 2.05) is 18.0 Å². The molecule has 27 heavy (non-hydrogen) atoms. The standard InChI is InChI=1S/C20H29N5O2/c1-14(25-9-4-6-18(25)26)20(27)24-8-3-5-15(13-24)19-21-11-16-12-23(2)10-7-17(16)22-19/h11,14-15H,3-10,12-13H2,1-2H3/t14-,15+/m0/s1. The number of nitrogens with zero attached hydrogens (tertiary/aromatic N) is 5. The first-order valence-corrected chi connectivity index (χ1v) is 10.1. The number of likely N-dealkylation sites (tertiary alicyclic amines) is 2. The highest BCUT2D eigenvalue weighted by Gasteiger charge is 2.34. The van der Waals surface area contributed by atoms with Crippen molar-refractivity contribution in [2.45, 2.75) is 57.5 Å². The summed E-state index contributed by atoms with van der Waals surface area (Å²) in [5, 5.41) is 0. The van der Waals surface area contributed by atoms with Crippen LogP contribution >= 0.6 is 0 Å². The van der Waals surface area contributed by atoms with Gasteiger partial charge in [-0.15, -0.1) is 0 Å². The minimum atomic E-state index is -0.362. The molecule has 0 radical (unpaired) electrons. The second-order valence-corrected chi connectivity index (χ2v) is 8.18. The molecule has 0 saturated carbocycles. The van der Waals surface area contributed by atoms with E-state index in [1.54, 1.807) is 4.90 Å². The highest BCUT2D eigenvalue weighted by Crippen LogP contribution is 2.27. The van der Waals surface area contributed by atoms with Crippen LogP contribution < -0.4 is 0 Å². The normalized spacial score (nSPS) is 24.8. The molecule has 0 aromatic carbocycles. The summed E-state index contributed by atoms with van der Waals surface area (Å²) in [7, 11) is 2.12. The van der Waals surface area contributed by atoms with E-state index in [0.29, 0.717) is 19.5 Å². The molecule has 3 aliphatic rings. The number of carbonyl (C=O) groups excluding carboxylic acids is 2. The molecule has 2 fully saturated rings. The molecular weight excluding hydrogens is 342 g/mol. The molecule has 2 amide bonds. The molecule has 2 saturated heterocycles. The van der Waals surface area contributed by atoms with Crippen molar-refractivity contribution in [1.29, 1.82) is 0 Å². The van der Waals surface area contributed by atoms with E-state index < -0.39 is 0 Å². The average molecular weight is 371 g/mol. The molecular formula is C20H29N5O2. The molecule has 7 nitrogen and oxygen atoms in total. The summed E-state index contributed by atoms with van der Waals surface area (Å²) >= 11 is 0. The summed E-state index contributed by atoms with van der Waals surface area (Å²) < 4.78 is 0. The fourth-order valence-corrected chi connectivity index (χ4v) is 4.53. The van der Waals surface area contributed by atoms with Crippen LogP contribution in [0.1, 0.15) is 55.6 Å². The lowest BCUT2D eigenvalue weighted by atomic mass is 9.96. The Morgan fingerprint density at radius 1 is 1.22 bits per heavy atom. The number of fused-ring (bicyclic) bond motifs is 1. The van der Waals surface area contributed by atoms with Crippen molar-refractivity contribution in [3.63, 3.8) is 0 Å². The number of rotatable bonds is 3. The van der Waals surface area contributed by atoms with Gasteiger partial charge in [-0.3, -0.25) is 9.59 Å². The van der Waals surface area contributed by atoms with E-state index >= 15 is 0 Å². The van der Waals surface area contributed by atoms with Gasteiger partial charge in [0.25, 0.3) is 0 Å². The first-order valence-electron chi connectivity index (χ1n) is 10.1. The van der Waals surface area contributed by atoms with Crippen molar-refractivity contribution >= 4 is 11.8 Å². The Hall–Kier alpha value is -2.02. The minimum absolute atomic E-state index is 0.0644. The summed E-state index contributed by atoms with van der Waals surface area (Å²) in [6.07, 6.45) is 6.33. The lowest BCUT2D eigenvalue weighted by Crippen LogP contribution is -2.50. The number of hydrogen-bond donors (Lipinski definition) is 0. The molecule has 2 atom stereocenters. The lowest BCUT2D eigenvalue weighted by molar-refractivity contribution is -0.143. The Morgan fingerprint density at radius 3 is 2.85 bits per heavy atom. The van der Waals surface area contributed by atoms with Crippen molar-refractivity contribution in [1.82, 2.24) is 24.7 Å². The Kier molecular flexibility index (Phi) is 5.12. The highest BCUT2D eigenvalue weighted by molar-refractivity contribution is 5.88. The Balaban J connectivity index is 1.45. The maximum absolute atomic E-state index is 13.0. The molecule has 146 valence electrons. The van der Waals surface area contributed by atoms with Gasteiger partial charge in [0.2, 0.25) is 11.8 Å². The van der Waals surface area contributed by atoms with Gasteiger partial charge >= 0.3 is 0 Å². The van der Waals surface area contributed by atoms with E-state index in [0.717, 1.165) is 56.8 Å². The zero-order valence-corrected chi connectivity index (χ0v) is 16.4. The summed E-state index contributed by atoms with van der Waals surface area (Å²) in [4.78, 5) is 40.4. The van der Waals surface area contributed by atoms with Crippen LogP contribution in [0.25, 0.3) is 0 Å². The summed E-state index contributed by atoms with van der Waals surface area (Å²) in [6.45, 7) is 5.92. The van der Waals surface area contributed by atoms with Gasteiger partial charge in [-0.25, -0.2) is 9.97 Å². The van der Waals surface area contributed by atoms with E-state index in [-0.39, 0.29) is 23.8 Å². The topological polar surface area (TPSA) is 69.6 Å². The summed E-state index contributed by atoms with van der Waals surface area (Å²) in [5.74, 6) is 1.23. The molecule has 0 N–H and O–H groups in total. The smallest absolute Gasteiger partial charge is 0.245 e. The van der Waals surface area contributed by atoms with Crippen LogP contribution in [0.15, 0.2) is 6.20 Å². The number of piperidine rings is 1. The van der Waals surface area contributed by atoms with Crippen molar-refractivity contribution in [3.05, 3.63) is 23.3 Å². The third kappa shape index (κ3) is 3.70. The first kappa shape index (κ1) is 18.3. The van der Waals surface area contributed by atoms with E-state index in [1.165, 1.54) is 5.56 Å². The Bertz CT molecular complexity index is 737. The number of hydrogen-bond acceptors (Lipinski definition) is 5. The maximum atomic E-state index is 13.0. The fourth-order valence-electron chi connectivity index (χ4n) is 4.53. The number of aromatic nitrogens is 2. The Morgan fingerprint density at radius 2 is 2.07 bits per heavy atom. The fraction of sp³-hybridized carbons (Fsp3) is 0.700. The number of carbonyl (C=O) groups is 2. The van der Waals surface area contributed by atoms with Crippen LogP contribution in [-0.4, -0.2) is 75.8 Å². The van der Waals surface area contributed by atoms with E-state index in [9.17, 15) is 9.59 Å². The molecule has 7 heteroatoms. The molecule has 0 spiro atoms. The van der Waals surface area contributed by atoms with Crippen LogP contribution in [0.5, 0.6) is 0 Å². The van der Waals surface area contributed by atoms with Crippen molar-refractivity contribution in [2.75, 3.05) is 33.2 Å². The molecule has 3 aliphatic heterocycles. The van der Waals surface area contributed by atoms with Gasteiger partial charge in [-0.1, -0.05) is 0 Å². The van der Waals surface area contributed by atoms with Gasteiger partial charge in [0.15, 0.2) is 0 Å². The van der Waals surface area contributed by atoms with Gasteiger partial charge in [-0.05, 0) is 33.2 Å². The van der Waals surface area contributed by atoms with Crippen LogP contribution in [0.4, 0.5) is 0 Å². The maximum Gasteiger partial charge on any atom is 0.245 e. The van der Waals surface area contributed by atoms with Gasteiger partial charge in [0.1, 0.15) is 11.9 Å². The molecule has 0 aliphatic carbocycles. The average Bonchev–Trinajstić information content (AvgIpc) is 3.12. The molecule has 4 rings (SSSR count). The lowest BCUT2D eigenvalue weighted by Gasteiger charge is -2.36. The third-order valence-corrected chi connectivity index (χ3v) is 6.18. The van der Waals surface area contributed by atoms with Crippen molar-refractivity contribution < 1.29 is 9.59 Å². The van der Waals surface area contributed by atoms with Crippen LogP contribution in [0.2, 0.25) is 0 Å². The second kappa shape index (κ2) is 7.54. The summed E-state index contributed by atoms with van der Waals surface area (Å²) in [6, 6.07) is -0.362. The second-order valence-electron chi connectivity index (χ2n) is 8.18. The van der Waals surface area contributed by atoms with E-state index in [2.05, 4.69) is 16.9 Å². The monoisotopic (exact) mass is 371 g/mol. The van der Waals surface area contributed by atoms with Crippen LogP contribution in [-0.2, 0) is 22.6 Å². The highest BCUT2D eigenvalue weighted by atomic mass is 16.2. The molecule has 1 aromatic heterocycles. The van der Waals surface area contributed by atoms with E-state index in [4.69, 9.17) is 4.98 Å². The predicted molar refractivity (Wildman–Crippen MR) is 101 cm³/mol. The van der Waals surface area contributed by atoms with Gasteiger partial charge < -0.3 is 14.7 Å². The molecule has 0 unspecified atom stereocenters. The zero-order valence-electron chi connectivity index (χ0n) is 16.4. The largest absolute Gasteiger partial charge is 0.340 e. The number of likely N-dealkylation sites (N-methyl/N-ethyl adjacent to an activating group) is 1. The van der Waals surface area contributed by atoms with Gasteiger partial charge in [-0.2, -0.15) is 0 Å². The minimum Gasteiger partial charge on any atom is -0.340 e. The van der Waals surface area contributed by atoms with Crippen LogP contribution in [0, 0.1) is 0 Å².